The van der Waals surface area contributed by atoms with E-state index in [1.54, 1.807) is 20.0 Å². The van der Waals surface area contributed by atoms with Crippen LogP contribution in [0.15, 0.2) is 24.4 Å². The van der Waals surface area contributed by atoms with Crippen LogP contribution in [0.2, 0.25) is 0 Å². The van der Waals surface area contributed by atoms with Gasteiger partial charge in [-0.1, -0.05) is 0 Å². The van der Waals surface area contributed by atoms with E-state index in [1.165, 1.54) is 23.0 Å². The molecule has 3 N–H and O–H groups in total. The van der Waals surface area contributed by atoms with E-state index in [9.17, 15) is 9.65 Å². The van der Waals surface area contributed by atoms with Gasteiger partial charge in [0, 0.05) is 25.3 Å². The first-order chi connectivity index (χ1) is 15.2. The number of nitrogens with one attached hydrogen (secondary N) is 1. The summed E-state index contributed by atoms with van der Waals surface area (Å²) < 4.78 is 21.7. The summed E-state index contributed by atoms with van der Waals surface area (Å²) in [5.74, 6) is 0.308. The Morgan fingerprint density at radius 2 is 2.06 bits per heavy atom. The minimum Gasteiger partial charge on any atom is -0.467 e. The van der Waals surface area contributed by atoms with E-state index >= 15 is 0 Å². The summed E-state index contributed by atoms with van der Waals surface area (Å²) in [6.45, 7) is 1.78. The number of ether oxygens (including phenoxy) is 1. The Balaban J connectivity index is 2.01. The van der Waals surface area contributed by atoms with Crippen molar-refractivity contribution in [1.29, 1.82) is 5.26 Å². The van der Waals surface area contributed by atoms with Crippen molar-refractivity contribution in [2.45, 2.75) is 19.3 Å². The van der Waals surface area contributed by atoms with Gasteiger partial charge < -0.3 is 20.7 Å². The second kappa shape index (κ2) is 7.97. The molecule has 2 aromatic heterocycles. The van der Waals surface area contributed by atoms with Crippen molar-refractivity contribution in [3.05, 3.63) is 41.5 Å². The van der Waals surface area contributed by atoms with E-state index < -0.39 is 12.4 Å². The molecule has 0 spiro atoms. The highest BCUT2D eigenvalue weighted by Gasteiger charge is 2.30. The molecule has 2 bridgehead atoms. The van der Waals surface area contributed by atoms with Gasteiger partial charge >= 0.3 is 0 Å². The Bertz CT molecular complexity index is 1220. The minimum atomic E-state index is -0.587. The second-order valence-corrected chi connectivity index (χ2v) is 7.81. The maximum atomic E-state index is 14.1. The zero-order chi connectivity index (χ0) is 23.2. The zero-order valence-corrected chi connectivity index (χ0v) is 18.5. The number of nitrogen functional groups attached to an aromatic ring is 1. The lowest BCUT2D eigenvalue weighted by atomic mass is 10.1. The van der Waals surface area contributed by atoms with Gasteiger partial charge in [-0.05, 0) is 39.2 Å². The summed E-state index contributed by atoms with van der Waals surface area (Å²) in [6.07, 6.45) is 0.503. The number of fused-ring (bicyclic) bond motifs is 5. The molecule has 3 heterocycles. The smallest absolute Gasteiger partial charge is 0.258 e. The predicted molar refractivity (Wildman–Crippen MR) is 118 cm³/mol. The third-order valence-corrected chi connectivity index (χ3v) is 5.37. The lowest BCUT2D eigenvalue weighted by Crippen LogP contribution is -2.49. The maximum Gasteiger partial charge on any atom is 0.258 e. The maximum absolute atomic E-state index is 14.1. The number of hydrogen-bond acceptors (Lipinski definition) is 9. The molecule has 0 radical (unpaired) electrons. The van der Waals surface area contributed by atoms with E-state index in [2.05, 4.69) is 26.5 Å². The summed E-state index contributed by atoms with van der Waals surface area (Å²) in [5.41, 5.74) is 8.51. The van der Waals surface area contributed by atoms with Crippen molar-refractivity contribution in [3.8, 4) is 23.2 Å². The van der Waals surface area contributed by atoms with Gasteiger partial charge in [0.1, 0.15) is 23.7 Å². The fourth-order valence-corrected chi connectivity index (χ4v) is 3.77. The summed E-state index contributed by atoms with van der Waals surface area (Å²) in [4.78, 5) is 12.6. The predicted octanol–water partition coefficient (Wildman–Crippen LogP) is 2.32. The molecule has 3 aromatic rings. The number of nitrogens with two attached hydrogens (primary N) is 1. The molecule has 166 valence electrons. The first kappa shape index (κ1) is 21.3. The largest absolute Gasteiger partial charge is 0.467 e. The number of hydrogen-bond donors (Lipinski definition) is 2. The summed E-state index contributed by atoms with van der Waals surface area (Å²) in [6, 6.07) is 6.65. The van der Waals surface area contributed by atoms with Crippen molar-refractivity contribution < 1.29 is 9.13 Å². The third kappa shape index (κ3) is 3.54. The fraction of sp³-hybridized carbons (Fsp3) is 0.333. The molecular formula is C21H24FN9O. The van der Waals surface area contributed by atoms with Crippen LogP contribution in [0.3, 0.4) is 0 Å². The number of aromatic nitrogens is 4. The second-order valence-electron chi connectivity index (χ2n) is 7.81. The van der Waals surface area contributed by atoms with Crippen LogP contribution in [0.4, 0.5) is 21.7 Å². The number of anilines is 3. The Morgan fingerprint density at radius 3 is 2.75 bits per heavy atom. The molecule has 11 heteroatoms. The van der Waals surface area contributed by atoms with Crippen LogP contribution < -0.4 is 20.7 Å². The molecule has 1 aromatic carbocycles. The molecule has 4 rings (SSSR count). The van der Waals surface area contributed by atoms with E-state index in [0.717, 1.165) is 0 Å². The number of benzene rings is 1. The van der Waals surface area contributed by atoms with Crippen LogP contribution >= 0.6 is 0 Å². The normalized spacial score (nSPS) is 17.9. The van der Waals surface area contributed by atoms with Gasteiger partial charge in [-0.2, -0.15) is 10.4 Å². The van der Waals surface area contributed by atoms with Gasteiger partial charge in [-0.15, -0.1) is 0 Å². The molecule has 1 aliphatic heterocycles. The average Bonchev–Trinajstić information content (AvgIpc) is 3.09. The average molecular weight is 437 g/mol. The number of rotatable bonds is 1. The van der Waals surface area contributed by atoms with Gasteiger partial charge in [0.2, 0.25) is 0 Å². The standard InChI is InChI=1S/C21H24FN9O/c1-11-13-8-12(22)6-7-14(13)27-21(29(2)3)30(4)19-17(16(9-23)31(5)28-19)15-10-25-18(24)20(26-15)32-11/h6-8,10-11,21,27H,1-5H3,(H2,24,25)/t11-,21?/m1/s1. The van der Waals surface area contributed by atoms with Crippen LogP contribution in [-0.4, -0.2) is 52.1 Å². The zero-order valence-electron chi connectivity index (χ0n) is 18.5. The number of aryl methyl sites for hydroxylation is 1. The van der Waals surface area contributed by atoms with E-state index in [1.807, 2.05) is 30.9 Å². The molecule has 0 saturated heterocycles. The molecule has 2 atom stereocenters. The van der Waals surface area contributed by atoms with Gasteiger partial charge in [0.05, 0.1) is 17.5 Å². The molecule has 10 nitrogen and oxygen atoms in total. The summed E-state index contributed by atoms with van der Waals surface area (Å²) >= 11 is 0. The van der Waals surface area contributed by atoms with Crippen LogP contribution in [0.25, 0.3) is 11.3 Å². The Hall–Kier alpha value is -3.91. The van der Waals surface area contributed by atoms with Crippen molar-refractivity contribution >= 4 is 17.3 Å². The lowest BCUT2D eigenvalue weighted by Gasteiger charge is -2.36. The molecule has 1 aliphatic rings. The van der Waals surface area contributed by atoms with Crippen LogP contribution in [0, 0.1) is 17.1 Å². The first-order valence-corrected chi connectivity index (χ1v) is 9.93. The molecule has 0 aliphatic carbocycles. The van der Waals surface area contributed by atoms with Crippen molar-refractivity contribution in [2.24, 2.45) is 7.05 Å². The highest BCUT2D eigenvalue weighted by atomic mass is 19.1. The van der Waals surface area contributed by atoms with E-state index in [0.29, 0.717) is 34.0 Å². The molecule has 0 saturated carbocycles. The van der Waals surface area contributed by atoms with Crippen molar-refractivity contribution in [2.75, 3.05) is 37.1 Å². The molecule has 32 heavy (non-hydrogen) atoms. The van der Waals surface area contributed by atoms with E-state index in [4.69, 9.17) is 10.5 Å². The van der Waals surface area contributed by atoms with Crippen molar-refractivity contribution in [1.82, 2.24) is 24.6 Å². The third-order valence-electron chi connectivity index (χ3n) is 5.37. The fourth-order valence-electron chi connectivity index (χ4n) is 3.77. The van der Waals surface area contributed by atoms with Gasteiger partial charge in [0.15, 0.2) is 17.9 Å². The van der Waals surface area contributed by atoms with Crippen LogP contribution in [-0.2, 0) is 7.05 Å². The summed E-state index contributed by atoms with van der Waals surface area (Å²) in [5, 5.41) is 17.8. The van der Waals surface area contributed by atoms with Gasteiger partial charge in [0.25, 0.3) is 5.88 Å². The highest BCUT2D eigenvalue weighted by Crippen LogP contribution is 2.37. The van der Waals surface area contributed by atoms with Crippen molar-refractivity contribution in [3.63, 3.8) is 0 Å². The topological polar surface area (TPSA) is 121 Å². The monoisotopic (exact) mass is 437 g/mol. The molecule has 0 fully saturated rings. The Labute approximate surface area is 185 Å². The van der Waals surface area contributed by atoms with Crippen LogP contribution in [0.5, 0.6) is 5.88 Å². The lowest BCUT2D eigenvalue weighted by molar-refractivity contribution is 0.218. The van der Waals surface area contributed by atoms with Gasteiger partial charge in [-0.25, -0.2) is 14.4 Å². The first-order valence-electron chi connectivity index (χ1n) is 9.93. The quantitative estimate of drug-likeness (QED) is 0.591. The van der Waals surface area contributed by atoms with Crippen LogP contribution in [0.1, 0.15) is 24.3 Å². The van der Waals surface area contributed by atoms with E-state index in [-0.39, 0.29) is 17.5 Å². The molecule has 0 amide bonds. The molecule has 1 unspecified atom stereocenters. The number of nitrogens with zero attached hydrogens (tertiary/aromatic N) is 7. The number of halogens is 1. The minimum absolute atomic E-state index is 0.0899. The number of nitriles is 1. The molecular weight excluding hydrogens is 413 g/mol. The Morgan fingerprint density at radius 1 is 1.31 bits per heavy atom. The Kier molecular flexibility index (Phi) is 5.31. The summed E-state index contributed by atoms with van der Waals surface area (Å²) in [7, 11) is 7.35. The SMILES string of the molecule is C[C@H]1Oc2nc(cnc2N)-c2c(nn(C)c2C#N)N(C)C(N(C)C)Nc2ccc(F)cc21. The highest BCUT2D eigenvalue weighted by molar-refractivity contribution is 5.79. The van der Waals surface area contributed by atoms with Gasteiger partial charge in [-0.3, -0.25) is 9.58 Å².